The molecule has 0 aromatic carbocycles. The van der Waals surface area contributed by atoms with E-state index in [1.54, 1.807) is 0 Å². The average Bonchev–Trinajstić information content (AvgIpc) is 0.947. The van der Waals surface area contributed by atoms with Gasteiger partial charge in [-0.15, -0.1) is 0 Å². The van der Waals surface area contributed by atoms with Crippen molar-refractivity contribution in [3.05, 3.63) is 0 Å². The molecule has 5 atom stereocenters. The van der Waals surface area contributed by atoms with Crippen molar-refractivity contribution in [2.24, 2.45) is 11.8 Å². The lowest BCUT2D eigenvalue weighted by Crippen LogP contribution is -2.30. The number of hydrogen-bond acceptors (Lipinski definition) is 15. The molecule has 0 aliphatic carbocycles. The quantitative estimate of drug-likeness (QED) is 0.0222. The summed E-state index contributed by atoms with van der Waals surface area (Å²) in [6.45, 7) is 9.63. The van der Waals surface area contributed by atoms with Gasteiger partial charge in [-0.05, 0) is 37.5 Å². The molecule has 102 heavy (non-hydrogen) atoms. The first-order chi connectivity index (χ1) is 49.4. The summed E-state index contributed by atoms with van der Waals surface area (Å²) in [5.41, 5.74) is 0. The van der Waals surface area contributed by atoms with Crippen molar-refractivity contribution in [1.82, 2.24) is 0 Å². The molecule has 0 heterocycles. The Morgan fingerprint density at radius 3 is 0.667 bits per heavy atom. The molecule has 0 aromatic rings. The Kier molecular flexibility index (Phi) is 73.1. The van der Waals surface area contributed by atoms with E-state index >= 15 is 0 Å². The van der Waals surface area contributed by atoms with Crippen LogP contribution in [0.5, 0.6) is 0 Å². The molecule has 0 spiro atoms. The van der Waals surface area contributed by atoms with Crippen LogP contribution in [0.3, 0.4) is 0 Å². The number of aliphatic hydroxyl groups excluding tert-OH is 1. The van der Waals surface area contributed by atoms with Gasteiger partial charge in [-0.3, -0.25) is 37.3 Å². The summed E-state index contributed by atoms with van der Waals surface area (Å²) in [6.07, 6.45) is 65.5. The largest absolute Gasteiger partial charge is 0.472 e. The molecule has 606 valence electrons. The second-order valence-electron chi connectivity index (χ2n) is 30.8. The van der Waals surface area contributed by atoms with Gasteiger partial charge >= 0.3 is 39.5 Å². The number of rotatable bonds is 82. The Morgan fingerprint density at radius 1 is 0.265 bits per heavy atom. The second-order valence-corrected chi connectivity index (χ2v) is 33.7. The van der Waals surface area contributed by atoms with E-state index in [9.17, 15) is 43.2 Å². The van der Waals surface area contributed by atoms with Gasteiger partial charge in [0, 0.05) is 25.7 Å². The van der Waals surface area contributed by atoms with Crippen molar-refractivity contribution >= 4 is 39.5 Å². The number of esters is 4. The molecule has 0 aromatic heterocycles. The lowest BCUT2D eigenvalue weighted by molar-refractivity contribution is -0.161. The molecular formula is C83H162O17P2. The fourth-order valence-corrected chi connectivity index (χ4v) is 14.5. The third-order valence-corrected chi connectivity index (χ3v) is 21.4. The molecule has 0 amide bonds. The first-order valence-electron chi connectivity index (χ1n) is 43.0. The van der Waals surface area contributed by atoms with E-state index in [1.807, 2.05) is 0 Å². The van der Waals surface area contributed by atoms with Crippen LogP contribution in [0.4, 0.5) is 0 Å². The first-order valence-corrected chi connectivity index (χ1v) is 46.0. The Hall–Kier alpha value is -1.94. The SMILES string of the molecule is CCCCCCCCCCCCCCCCCCCCCCCCC(=O)O[C@H](COC(=O)CCCCCCCCCCCCCCCCCCC(C)C)COP(=O)(O)OC[C@@H](O)COP(=O)(O)OC[C@@H](COC(=O)CCCCCCCCCC)OC(=O)CCCCCCCCCCCCC(C)C. The third-order valence-electron chi connectivity index (χ3n) is 19.5. The Bertz CT molecular complexity index is 1960. The maximum Gasteiger partial charge on any atom is 0.472 e. The van der Waals surface area contributed by atoms with Crippen molar-refractivity contribution < 1.29 is 80.2 Å². The minimum atomic E-state index is -4.96. The topological polar surface area (TPSA) is 237 Å². The molecular weight excluding hydrogens is 1330 g/mol. The molecule has 0 rings (SSSR count). The van der Waals surface area contributed by atoms with Crippen molar-refractivity contribution in [2.75, 3.05) is 39.6 Å². The molecule has 3 N–H and O–H groups in total. The Labute approximate surface area is 626 Å². The van der Waals surface area contributed by atoms with Gasteiger partial charge < -0.3 is 33.8 Å². The monoisotopic (exact) mass is 1490 g/mol. The van der Waals surface area contributed by atoms with Gasteiger partial charge in [-0.2, -0.15) is 0 Å². The van der Waals surface area contributed by atoms with E-state index in [4.69, 9.17) is 37.0 Å². The van der Waals surface area contributed by atoms with Gasteiger partial charge in [0.25, 0.3) is 0 Å². The number of aliphatic hydroxyl groups is 1. The fourth-order valence-electron chi connectivity index (χ4n) is 12.9. The summed E-state index contributed by atoms with van der Waals surface area (Å²) in [4.78, 5) is 73.0. The van der Waals surface area contributed by atoms with Crippen molar-refractivity contribution in [1.29, 1.82) is 0 Å². The number of carbonyl (C=O) groups excluding carboxylic acids is 4. The van der Waals surface area contributed by atoms with E-state index in [2.05, 4.69) is 41.5 Å². The van der Waals surface area contributed by atoms with Crippen LogP contribution in [-0.2, 0) is 65.4 Å². The lowest BCUT2D eigenvalue weighted by Gasteiger charge is -2.21. The summed E-state index contributed by atoms with van der Waals surface area (Å²) in [6, 6.07) is 0. The minimum Gasteiger partial charge on any atom is -0.462 e. The number of phosphoric acid groups is 2. The molecule has 17 nitrogen and oxygen atoms in total. The highest BCUT2D eigenvalue weighted by atomic mass is 31.2. The highest BCUT2D eigenvalue weighted by molar-refractivity contribution is 7.47. The number of unbranched alkanes of at least 4 members (excludes halogenated alkanes) is 52. The van der Waals surface area contributed by atoms with E-state index < -0.39 is 97.5 Å². The standard InChI is InChI=1S/C83H162O17P2/c1-7-9-11-13-15-17-18-19-20-21-22-23-24-25-26-31-34-37-43-49-55-61-67-82(87)100-79(72-94-81(86)66-60-54-48-42-36-33-30-28-27-29-32-35-40-45-51-57-63-75(3)4)74-98-102(91,92)96-70-77(84)69-95-101(89,90)97-73-78(71-93-80(85)65-59-53-47-16-14-12-10-8-2)99-83(88)68-62-56-50-44-39-38-41-46-52-58-64-76(5)6/h75-79,84H,7-74H2,1-6H3,(H,89,90)(H,91,92)/t77-,78+,79+/m0/s1. The molecule has 0 aliphatic heterocycles. The van der Waals surface area contributed by atoms with Crippen LogP contribution in [0.15, 0.2) is 0 Å². The number of phosphoric ester groups is 2. The first kappa shape index (κ1) is 100. The van der Waals surface area contributed by atoms with Crippen LogP contribution >= 0.6 is 15.6 Å². The third kappa shape index (κ3) is 76.3. The number of carbonyl (C=O) groups is 4. The molecule has 0 saturated carbocycles. The summed E-state index contributed by atoms with van der Waals surface area (Å²) in [5, 5.41) is 10.6. The maximum absolute atomic E-state index is 13.1. The zero-order valence-electron chi connectivity index (χ0n) is 66.9. The van der Waals surface area contributed by atoms with Crippen molar-refractivity contribution in [2.45, 2.75) is 458 Å². The predicted molar refractivity (Wildman–Crippen MR) is 418 cm³/mol. The van der Waals surface area contributed by atoms with Gasteiger partial charge in [0.05, 0.1) is 26.4 Å². The van der Waals surface area contributed by atoms with Crippen LogP contribution in [0.1, 0.15) is 440 Å². The van der Waals surface area contributed by atoms with E-state index in [0.717, 1.165) is 108 Å². The summed E-state index contributed by atoms with van der Waals surface area (Å²) < 4.78 is 68.7. The van der Waals surface area contributed by atoms with Crippen molar-refractivity contribution in [3.63, 3.8) is 0 Å². The second kappa shape index (κ2) is 74.5. The van der Waals surface area contributed by atoms with Gasteiger partial charge in [-0.25, -0.2) is 9.13 Å². The van der Waals surface area contributed by atoms with E-state index in [0.29, 0.717) is 25.7 Å². The van der Waals surface area contributed by atoms with Crippen molar-refractivity contribution in [3.8, 4) is 0 Å². The zero-order chi connectivity index (χ0) is 74.9. The molecule has 0 fully saturated rings. The van der Waals surface area contributed by atoms with E-state index in [-0.39, 0.29) is 25.7 Å². The highest BCUT2D eigenvalue weighted by Gasteiger charge is 2.30. The van der Waals surface area contributed by atoms with Gasteiger partial charge in [0.1, 0.15) is 19.3 Å². The fraction of sp³-hybridized carbons (Fsp3) is 0.952. The minimum absolute atomic E-state index is 0.106. The van der Waals surface area contributed by atoms with Crippen LogP contribution in [0, 0.1) is 11.8 Å². The normalized spacial score (nSPS) is 13.9. The van der Waals surface area contributed by atoms with Crippen LogP contribution in [-0.4, -0.2) is 96.7 Å². The summed E-state index contributed by atoms with van der Waals surface area (Å²) >= 11 is 0. The molecule has 0 bridgehead atoms. The molecule has 2 unspecified atom stereocenters. The zero-order valence-corrected chi connectivity index (χ0v) is 68.7. The summed E-state index contributed by atoms with van der Waals surface area (Å²) in [7, 11) is -9.92. The highest BCUT2D eigenvalue weighted by Crippen LogP contribution is 2.45. The van der Waals surface area contributed by atoms with Crippen LogP contribution in [0.2, 0.25) is 0 Å². The van der Waals surface area contributed by atoms with Gasteiger partial charge in [-0.1, -0.05) is 388 Å². The molecule has 0 aliphatic rings. The predicted octanol–water partition coefficient (Wildman–Crippen LogP) is 25.1. The van der Waals surface area contributed by atoms with E-state index in [1.165, 1.54) is 250 Å². The molecule has 0 radical (unpaired) electrons. The Morgan fingerprint density at radius 2 is 0.451 bits per heavy atom. The van der Waals surface area contributed by atoms with Crippen LogP contribution < -0.4 is 0 Å². The Balaban J connectivity index is 5.18. The lowest BCUT2D eigenvalue weighted by atomic mass is 10.0. The average molecular weight is 1490 g/mol. The van der Waals surface area contributed by atoms with Gasteiger partial charge in [0.15, 0.2) is 12.2 Å². The molecule has 19 heteroatoms. The smallest absolute Gasteiger partial charge is 0.462 e. The number of ether oxygens (including phenoxy) is 4. The summed E-state index contributed by atoms with van der Waals surface area (Å²) in [5.74, 6) is -0.546. The molecule has 0 saturated heterocycles. The number of hydrogen-bond donors (Lipinski definition) is 3. The maximum atomic E-state index is 13.1. The van der Waals surface area contributed by atoms with Crippen LogP contribution in [0.25, 0.3) is 0 Å². The van der Waals surface area contributed by atoms with Gasteiger partial charge in [0.2, 0.25) is 0 Å².